The third-order valence-electron chi connectivity index (χ3n) is 3.87. The van der Waals surface area contributed by atoms with Gasteiger partial charge in [0.15, 0.2) is 0 Å². The summed E-state index contributed by atoms with van der Waals surface area (Å²) in [5.41, 5.74) is 7.98. The van der Waals surface area contributed by atoms with Crippen molar-refractivity contribution in [2.75, 3.05) is 11.1 Å². The predicted octanol–water partition coefficient (Wildman–Crippen LogP) is 2.60. The number of hydrogen-bond acceptors (Lipinski definition) is 3. The Labute approximate surface area is 122 Å². The first-order valence-corrected chi connectivity index (χ1v) is 8.33. The van der Waals surface area contributed by atoms with E-state index in [2.05, 4.69) is 5.32 Å². The summed E-state index contributed by atoms with van der Waals surface area (Å²) >= 11 is 0. The van der Waals surface area contributed by atoms with Gasteiger partial charge in [0.1, 0.15) is 5.25 Å². The Kier molecular flexibility index (Phi) is 4.81. The molecule has 0 aliphatic heterocycles. The highest BCUT2D eigenvalue weighted by Crippen LogP contribution is 2.25. The number of anilines is 2. The maximum Gasteiger partial charge on any atom is 0.239 e. The van der Waals surface area contributed by atoms with Crippen molar-refractivity contribution in [1.82, 2.24) is 0 Å². The quantitative estimate of drug-likeness (QED) is 0.838. The van der Waals surface area contributed by atoms with E-state index in [1.54, 1.807) is 19.1 Å². The highest BCUT2D eigenvalue weighted by Gasteiger charge is 2.29. The Hall–Kier alpha value is -1.36. The van der Waals surface area contributed by atoms with Crippen LogP contribution in [0.5, 0.6) is 0 Å². The zero-order valence-corrected chi connectivity index (χ0v) is 12.8. The van der Waals surface area contributed by atoms with Crippen LogP contribution in [0.25, 0.3) is 0 Å². The van der Waals surface area contributed by atoms with Crippen LogP contribution in [-0.4, -0.2) is 20.6 Å². The van der Waals surface area contributed by atoms with E-state index in [1.807, 2.05) is 13.0 Å². The van der Waals surface area contributed by atoms with Crippen LogP contribution in [0.3, 0.4) is 0 Å². The van der Waals surface area contributed by atoms with Crippen LogP contribution in [0.2, 0.25) is 0 Å². The fourth-order valence-corrected chi connectivity index (χ4v) is 4.17. The van der Waals surface area contributed by atoms with Gasteiger partial charge in [-0.1, -0.05) is 18.9 Å². The number of carbonyl (C=O) groups excluding carboxylic acids is 1. The second kappa shape index (κ2) is 6.39. The zero-order chi connectivity index (χ0) is 14.7. The van der Waals surface area contributed by atoms with E-state index >= 15 is 0 Å². The Morgan fingerprint density at radius 2 is 2.05 bits per heavy atom. The number of hydrogen-bond donors (Lipinski definition) is 2. The molecule has 20 heavy (non-hydrogen) atoms. The van der Waals surface area contributed by atoms with Crippen LogP contribution < -0.4 is 11.1 Å². The van der Waals surface area contributed by atoms with Gasteiger partial charge < -0.3 is 11.1 Å². The fraction of sp³-hybridized carbons (Fsp3) is 0.533. The second-order valence-corrected chi connectivity index (χ2v) is 7.47. The van der Waals surface area contributed by atoms with E-state index in [0.29, 0.717) is 11.4 Å². The van der Waals surface area contributed by atoms with Crippen LogP contribution in [0, 0.1) is 6.92 Å². The Balaban J connectivity index is 2.03. The first kappa shape index (κ1) is 15.0. The number of benzene rings is 1. The molecule has 4 nitrogen and oxygen atoms in total. The third kappa shape index (κ3) is 3.39. The minimum absolute atomic E-state index is 0.178. The molecule has 1 fully saturated rings. The van der Waals surface area contributed by atoms with Gasteiger partial charge in [0.05, 0.1) is 0 Å². The molecular formula is C15H22N2O2S. The van der Waals surface area contributed by atoms with Gasteiger partial charge in [-0.05, 0) is 44.4 Å². The monoisotopic (exact) mass is 294 g/mol. The molecule has 3 N–H and O–H groups in total. The van der Waals surface area contributed by atoms with Crippen molar-refractivity contribution in [3.63, 3.8) is 0 Å². The van der Waals surface area contributed by atoms with E-state index in [4.69, 9.17) is 5.73 Å². The molecule has 2 atom stereocenters. The van der Waals surface area contributed by atoms with E-state index in [9.17, 15) is 9.00 Å². The molecule has 1 saturated carbocycles. The third-order valence-corrected chi connectivity index (χ3v) is 5.91. The summed E-state index contributed by atoms with van der Waals surface area (Å²) in [6, 6.07) is 5.40. The molecule has 0 spiro atoms. The normalized spacial score (nSPS) is 18.7. The maximum atomic E-state index is 12.4. The molecule has 1 aromatic carbocycles. The molecular weight excluding hydrogens is 272 g/mol. The van der Waals surface area contributed by atoms with Crippen LogP contribution in [-0.2, 0) is 15.6 Å². The topological polar surface area (TPSA) is 72.2 Å². The summed E-state index contributed by atoms with van der Waals surface area (Å²) in [5, 5.41) is 2.53. The van der Waals surface area contributed by atoms with Crippen LogP contribution in [0.4, 0.5) is 11.4 Å². The predicted molar refractivity (Wildman–Crippen MR) is 84.1 cm³/mol. The van der Waals surface area contributed by atoms with Crippen molar-refractivity contribution in [1.29, 1.82) is 0 Å². The number of rotatable bonds is 4. The summed E-state index contributed by atoms with van der Waals surface area (Å²) in [6.07, 6.45) is 4.20. The van der Waals surface area contributed by atoms with Crippen molar-refractivity contribution in [3.8, 4) is 0 Å². The standard InChI is InChI=1S/C15H22N2O2S/c1-10-7-8-12(16)9-14(10)17-15(18)11(2)20(19)13-5-3-4-6-13/h7-9,11,13H,3-6,16H2,1-2H3,(H,17,18). The van der Waals surface area contributed by atoms with Crippen LogP contribution >= 0.6 is 0 Å². The highest BCUT2D eigenvalue weighted by atomic mass is 32.2. The summed E-state index contributed by atoms with van der Waals surface area (Å²) in [5.74, 6) is -0.191. The van der Waals surface area contributed by atoms with Gasteiger partial charge >= 0.3 is 0 Å². The van der Waals surface area contributed by atoms with Gasteiger partial charge in [0, 0.05) is 27.4 Å². The van der Waals surface area contributed by atoms with Gasteiger partial charge in [0.2, 0.25) is 5.91 Å². The SMILES string of the molecule is Cc1ccc(N)cc1NC(=O)C(C)S(=O)C1CCCC1. The molecule has 1 amide bonds. The lowest BCUT2D eigenvalue weighted by atomic mass is 10.2. The molecule has 5 heteroatoms. The number of nitrogen functional groups attached to an aromatic ring is 1. The molecule has 0 aromatic heterocycles. The second-order valence-electron chi connectivity index (χ2n) is 5.44. The van der Waals surface area contributed by atoms with E-state index in [-0.39, 0.29) is 11.2 Å². The molecule has 1 aliphatic rings. The maximum absolute atomic E-state index is 12.4. The Bertz CT molecular complexity index is 525. The van der Waals surface area contributed by atoms with Crippen molar-refractivity contribution < 1.29 is 9.00 Å². The summed E-state index contributed by atoms with van der Waals surface area (Å²) < 4.78 is 12.4. The average Bonchev–Trinajstić information content (AvgIpc) is 2.95. The minimum Gasteiger partial charge on any atom is -0.399 e. The lowest BCUT2D eigenvalue weighted by Gasteiger charge is -2.17. The first-order chi connectivity index (χ1) is 9.49. The van der Waals surface area contributed by atoms with Crippen molar-refractivity contribution in [3.05, 3.63) is 23.8 Å². The van der Waals surface area contributed by atoms with Gasteiger partial charge in [-0.3, -0.25) is 9.00 Å². The molecule has 0 radical (unpaired) electrons. The van der Waals surface area contributed by atoms with E-state index in [0.717, 1.165) is 31.2 Å². The van der Waals surface area contributed by atoms with Gasteiger partial charge in [-0.2, -0.15) is 0 Å². The molecule has 110 valence electrons. The Morgan fingerprint density at radius 3 is 2.70 bits per heavy atom. The van der Waals surface area contributed by atoms with Crippen LogP contribution in [0.1, 0.15) is 38.2 Å². The molecule has 0 bridgehead atoms. The fourth-order valence-electron chi connectivity index (χ4n) is 2.52. The molecule has 1 aromatic rings. The molecule has 0 saturated heterocycles. The molecule has 2 rings (SSSR count). The van der Waals surface area contributed by atoms with Crippen molar-refractivity contribution in [2.24, 2.45) is 0 Å². The molecule has 0 heterocycles. The summed E-state index contributed by atoms with van der Waals surface area (Å²) in [7, 11) is -1.10. The lowest BCUT2D eigenvalue weighted by Crippen LogP contribution is -2.33. The van der Waals surface area contributed by atoms with Gasteiger partial charge in [-0.25, -0.2) is 0 Å². The molecule has 2 unspecified atom stereocenters. The number of nitrogens with one attached hydrogen (secondary N) is 1. The van der Waals surface area contributed by atoms with Crippen LogP contribution in [0.15, 0.2) is 18.2 Å². The zero-order valence-electron chi connectivity index (χ0n) is 12.0. The largest absolute Gasteiger partial charge is 0.399 e. The van der Waals surface area contributed by atoms with E-state index in [1.165, 1.54) is 0 Å². The Morgan fingerprint density at radius 1 is 1.40 bits per heavy atom. The smallest absolute Gasteiger partial charge is 0.239 e. The first-order valence-electron chi connectivity index (χ1n) is 7.05. The molecule has 1 aliphatic carbocycles. The minimum atomic E-state index is -1.10. The summed E-state index contributed by atoms with van der Waals surface area (Å²) in [4.78, 5) is 12.2. The number of amides is 1. The summed E-state index contributed by atoms with van der Waals surface area (Å²) in [6.45, 7) is 3.65. The average molecular weight is 294 g/mol. The number of aryl methyl sites for hydroxylation is 1. The highest BCUT2D eigenvalue weighted by molar-refractivity contribution is 7.87. The lowest BCUT2D eigenvalue weighted by molar-refractivity contribution is -0.115. The van der Waals surface area contributed by atoms with Crippen molar-refractivity contribution >= 4 is 28.1 Å². The van der Waals surface area contributed by atoms with E-state index < -0.39 is 16.0 Å². The van der Waals surface area contributed by atoms with Gasteiger partial charge in [0.25, 0.3) is 0 Å². The number of carbonyl (C=O) groups is 1. The number of nitrogens with two attached hydrogens (primary N) is 1. The van der Waals surface area contributed by atoms with Crippen molar-refractivity contribution in [2.45, 2.75) is 50.0 Å². The van der Waals surface area contributed by atoms with Gasteiger partial charge in [-0.15, -0.1) is 0 Å².